The molecule has 0 spiro atoms. The van der Waals surface area contributed by atoms with Crippen LogP contribution in [-0.4, -0.2) is 29.4 Å². The number of halogens is 1. The summed E-state index contributed by atoms with van der Waals surface area (Å²) in [5.41, 5.74) is 7.31. The lowest BCUT2D eigenvalue weighted by Gasteiger charge is -2.11. The van der Waals surface area contributed by atoms with Crippen LogP contribution in [0, 0.1) is 0 Å². The molecule has 0 bridgehead atoms. The third-order valence-electron chi connectivity index (χ3n) is 2.87. The molecule has 1 unspecified atom stereocenters. The Bertz CT molecular complexity index is 559. The van der Waals surface area contributed by atoms with E-state index in [1.807, 2.05) is 30.3 Å². The number of rotatable bonds is 6. The minimum atomic E-state index is -0.696. The summed E-state index contributed by atoms with van der Waals surface area (Å²) < 4.78 is 6.67. The Morgan fingerprint density at radius 2 is 2.14 bits per heavy atom. The fourth-order valence-corrected chi connectivity index (χ4v) is 1.77. The average molecular weight is 311 g/mol. The first-order valence-corrected chi connectivity index (χ1v) is 6.33. The number of anilines is 1. The van der Waals surface area contributed by atoms with Crippen molar-refractivity contribution in [3.63, 3.8) is 0 Å². The van der Waals surface area contributed by atoms with Crippen LogP contribution in [0.25, 0.3) is 0 Å². The fraction of sp³-hybridized carbons (Fsp3) is 0.286. The summed E-state index contributed by atoms with van der Waals surface area (Å²) in [6.07, 6.45) is 3.33. The van der Waals surface area contributed by atoms with Gasteiger partial charge in [0.25, 0.3) is 0 Å². The molecule has 0 aliphatic heterocycles. The summed E-state index contributed by atoms with van der Waals surface area (Å²) >= 11 is 0. The van der Waals surface area contributed by atoms with E-state index in [2.05, 4.69) is 10.4 Å². The number of nitrogens with two attached hydrogens (primary N) is 1. The number of hydrogen-bond acceptors (Lipinski definition) is 4. The predicted molar refractivity (Wildman–Crippen MR) is 83.4 cm³/mol. The first-order chi connectivity index (χ1) is 9.70. The van der Waals surface area contributed by atoms with Crippen LogP contribution in [0.5, 0.6) is 0 Å². The third-order valence-corrected chi connectivity index (χ3v) is 2.87. The van der Waals surface area contributed by atoms with Crippen molar-refractivity contribution in [1.82, 2.24) is 9.78 Å². The summed E-state index contributed by atoms with van der Waals surface area (Å²) in [5.74, 6) is -0.262. The van der Waals surface area contributed by atoms with Gasteiger partial charge in [-0.1, -0.05) is 30.3 Å². The number of hydrogen-bond donors (Lipinski definition) is 2. The molecule has 3 N–H and O–H groups in total. The third kappa shape index (κ3) is 4.86. The highest BCUT2D eigenvalue weighted by Gasteiger charge is 2.16. The zero-order valence-corrected chi connectivity index (χ0v) is 12.5. The maximum Gasteiger partial charge on any atom is 0.245 e. The van der Waals surface area contributed by atoms with Gasteiger partial charge in [-0.2, -0.15) is 5.10 Å². The Balaban J connectivity index is 0.00000220. The van der Waals surface area contributed by atoms with Crippen molar-refractivity contribution in [3.05, 3.63) is 48.3 Å². The lowest BCUT2D eigenvalue weighted by molar-refractivity contribution is -0.117. The molecule has 1 aromatic carbocycles. The van der Waals surface area contributed by atoms with Gasteiger partial charge in [-0.15, -0.1) is 12.4 Å². The topological polar surface area (TPSA) is 82.2 Å². The first-order valence-electron chi connectivity index (χ1n) is 6.33. The van der Waals surface area contributed by atoms with Gasteiger partial charge in [0.2, 0.25) is 5.91 Å². The van der Waals surface area contributed by atoms with E-state index in [1.54, 1.807) is 24.2 Å². The van der Waals surface area contributed by atoms with Gasteiger partial charge >= 0.3 is 0 Å². The molecule has 7 heteroatoms. The summed E-state index contributed by atoms with van der Waals surface area (Å²) in [4.78, 5) is 12.0. The van der Waals surface area contributed by atoms with E-state index in [-0.39, 0.29) is 18.3 Å². The van der Waals surface area contributed by atoms with E-state index in [4.69, 9.17) is 10.5 Å². The standard InChI is InChI=1S/C14H18N4O2.ClH/c1-20-8-7-18-10-12(9-16-18)17-14(19)13(15)11-5-3-2-4-6-11;/h2-6,9-10,13H,7-8,15H2,1H3,(H,17,19);1H. The first kappa shape index (κ1) is 17.2. The predicted octanol–water partition coefficient (Wildman–Crippen LogP) is 1.59. The van der Waals surface area contributed by atoms with E-state index in [0.717, 1.165) is 5.56 Å². The van der Waals surface area contributed by atoms with Gasteiger partial charge in [-0.3, -0.25) is 9.48 Å². The highest BCUT2D eigenvalue weighted by atomic mass is 35.5. The van der Waals surface area contributed by atoms with Crippen LogP contribution in [-0.2, 0) is 16.1 Å². The number of nitrogens with one attached hydrogen (secondary N) is 1. The number of carbonyl (C=O) groups is 1. The van der Waals surface area contributed by atoms with E-state index >= 15 is 0 Å². The lowest BCUT2D eigenvalue weighted by Crippen LogP contribution is -2.27. The van der Waals surface area contributed by atoms with Crippen molar-refractivity contribution >= 4 is 24.0 Å². The Labute approximate surface area is 129 Å². The molecule has 1 atom stereocenters. The Morgan fingerprint density at radius 3 is 2.81 bits per heavy atom. The molecule has 2 aromatic rings. The Morgan fingerprint density at radius 1 is 1.43 bits per heavy atom. The van der Waals surface area contributed by atoms with Crippen LogP contribution >= 0.6 is 12.4 Å². The minimum Gasteiger partial charge on any atom is -0.383 e. The van der Waals surface area contributed by atoms with Crippen molar-refractivity contribution in [3.8, 4) is 0 Å². The number of benzene rings is 1. The van der Waals surface area contributed by atoms with Crippen LogP contribution in [0.3, 0.4) is 0 Å². The molecule has 0 aliphatic rings. The SMILES string of the molecule is COCCn1cc(NC(=O)C(N)c2ccccc2)cn1.Cl. The molecule has 0 radical (unpaired) electrons. The van der Waals surface area contributed by atoms with Crippen molar-refractivity contribution in [2.75, 3.05) is 19.0 Å². The second-order valence-electron chi connectivity index (χ2n) is 4.36. The molecule has 0 fully saturated rings. The second-order valence-corrected chi connectivity index (χ2v) is 4.36. The number of carbonyl (C=O) groups excluding carboxylic acids is 1. The van der Waals surface area contributed by atoms with Crippen molar-refractivity contribution in [1.29, 1.82) is 0 Å². The zero-order chi connectivity index (χ0) is 14.4. The fourth-order valence-electron chi connectivity index (χ4n) is 1.77. The number of methoxy groups -OCH3 is 1. The molecule has 2 rings (SSSR count). The Kier molecular flexibility index (Phi) is 6.87. The van der Waals surface area contributed by atoms with Gasteiger partial charge in [0.1, 0.15) is 6.04 Å². The van der Waals surface area contributed by atoms with Crippen LogP contribution in [0.2, 0.25) is 0 Å². The number of amides is 1. The molecule has 21 heavy (non-hydrogen) atoms. The van der Waals surface area contributed by atoms with Gasteiger partial charge in [0.05, 0.1) is 25.0 Å². The molecule has 6 nitrogen and oxygen atoms in total. The van der Waals surface area contributed by atoms with Crippen molar-refractivity contribution in [2.24, 2.45) is 5.73 Å². The molecule has 114 valence electrons. The smallest absolute Gasteiger partial charge is 0.245 e. The summed E-state index contributed by atoms with van der Waals surface area (Å²) in [7, 11) is 1.63. The van der Waals surface area contributed by atoms with Crippen LogP contribution in [0.15, 0.2) is 42.7 Å². The average Bonchev–Trinajstić information content (AvgIpc) is 2.92. The number of ether oxygens (including phenoxy) is 1. The van der Waals surface area contributed by atoms with Crippen LogP contribution < -0.4 is 11.1 Å². The molecular formula is C14H19ClN4O2. The summed E-state index contributed by atoms with van der Waals surface area (Å²) in [6.45, 7) is 1.20. The minimum absolute atomic E-state index is 0. The van der Waals surface area contributed by atoms with Gasteiger partial charge in [-0.05, 0) is 5.56 Å². The quantitative estimate of drug-likeness (QED) is 0.849. The van der Waals surface area contributed by atoms with Gasteiger partial charge in [0.15, 0.2) is 0 Å². The van der Waals surface area contributed by atoms with Crippen LogP contribution in [0.1, 0.15) is 11.6 Å². The molecule has 0 saturated heterocycles. The zero-order valence-electron chi connectivity index (χ0n) is 11.7. The lowest BCUT2D eigenvalue weighted by atomic mass is 10.1. The highest BCUT2D eigenvalue weighted by molar-refractivity contribution is 5.95. The second kappa shape index (κ2) is 8.41. The largest absolute Gasteiger partial charge is 0.383 e. The van der Waals surface area contributed by atoms with E-state index in [0.29, 0.717) is 18.8 Å². The summed E-state index contributed by atoms with van der Waals surface area (Å²) in [6, 6.07) is 8.54. The summed E-state index contributed by atoms with van der Waals surface area (Å²) in [5, 5.41) is 6.87. The van der Waals surface area contributed by atoms with E-state index < -0.39 is 6.04 Å². The van der Waals surface area contributed by atoms with Crippen molar-refractivity contribution in [2.45, 2.75) is 12.6 Å². The molecule has 0 aliphatic carbocycles. The van der Waals surface area contributed by atoms with Gasteiger partial charge in [0, 0.05) is 13.3 Å². The maximum atomic E-state index is 12.0. The van der Waals surface area contributed by atoms with Crippen molar-refractivity contribution < 1.29 is 9.53 Å². The Hall–Kier alpha value is -1.89. The van der Waals surface area contributed by atoms with E-state index in [1.165, 1.54) is 0 Å². The molecular weight excluding hydrogens is 292 g/mol. The maximum absolute atomic E-state index is 12.0. The number of aromatic nitrogens is 2. The van der Waals surface area contributed by atoms with Gasteiger partial charge < -0.3 is 15.8 Å². The van der Waals surface area contributed by atoms with Crippen LogP contribution in [0.4, 0.5) is 5.69 Å². The molecule has 1 amide bonds. The molecule has 0 saturated carbocycles. The van der Waals surface area contributed by atoms with E-state index in [9.17, 15) is 4.79 Å². The number of nitrogens with zero attached hydrogens (tertiary/aromatic N) is 2. The van der Waals surface area contributed by atoms with Gasteiger partial charge in [-0.25, -0.2) is 0 Å². The normalized spacial score (nSPS) is 11.5. The highest BCUT2D eigenvalue weighted by Crippen LogP contribution is 2.13. The monoisotopic (exact) mass is 310 g/mol. The molecule has 1 aromatic heterocycles. The molecule has 1 heterocycles.